The second-order valence-electron chi connectivity index (χ2n) is 7.22. The van der Waals surface area contributed by atoms with E-state index >= 15 is 0 Å². The fourth-order valence-corrected chi connectivity index (χ4v) is 3.18. The summed E-state index contributed by atoms with van der Waals surface area (Å²) < 4.78 is 5.45. The smallest absolute Gasteiger partial charge is 0.410 e. The molecule has 1 saturated heterocycles. The largest absolute Gasteiger partial charge is 0.481 e. The minimum Gasteiger partial charge on any atom is -0.481 e. The van der Waals surface area contributed by atoms with Crippen LogP contribution in [0.1, 0.15) is 45.6 Å². The minimum atomic E-state index is -0.847. The predicted octanol–water partition coefficient (Wildman–Crippen LogP) is 3.43. The third-order valence-electron chi connectivity index (χ3n) is 4.10. The van der Waals surface area contributed by atoms with Gasteiger partial charge in [-0.15, -0.1) is 0 Å². The third kappa shape index (κ3) is 4.47. The topological polar surface area (TPSA) is 66.8 Å². The quantitative estimate of drug-likeness (QED) is 0.927. The molecule has 1 fully saturated rings. The van der Waals surface area contributed by atoms with E-state index in [-0.39, 0.29) is 12.5 Å². The highest BCUT2D eigenvalue weighted by Gasteiger charge is 2.41. The highest BCUT2D eigenvalue weighted by atomic mass is 16.6. The molecule has 0 unspecified atom stereocenters. The Balaban J connectivity index is 2.26. The fourth-order valence-electron chi connectivity index (χ4n) is 3.18. The van der Waals surface area contributed by atoms with Crippen LogP contribution in [0.15, 0.2) is 30.3 Å². The predicted molar refractivity (Wildman–Crippen MR) is 87.4 cm³/mol. The minimum absolute atomic E-state index is 0.0102. The SMILES string of the molecule is CC(C)(C)OC(=O)N1CCC[C@](CC(=O)O)(c2ccccc2)C1. The maximum absolute atomic E-state index is 12.4. The molecule has 0 spiro atoms. The molecular formula is C18H25NO4. The molecule has 2 rings (SSSR count). The molecule has 0 aromatic heterocycles. The molecule has 0 saturated carbocycles. The Morgan fingerprint density at radius 3 is 2.48 bits per heavy atom. The number of carboxylic acid groups (broad SMARTS) is 1. The number of carbonyl (C=O) groups excluding carboxylic acids is 1. The number of amides is 1. The Morgan fingerprint density at radius 1 is 1.26 bits per heavy atom. The van der Waals surface area contributed by atoms with Gasteiger partial charge >= 0.3 is 12.1 Å². The van der Waals surface area contributed by atoms with Crippen molar-refractivity contribution >= 4 is 12.1 Å². The fraction of sp³-hybridized carbons (Fsp3) is 0.556. The number of hydrogen-bond donors (Lipinski definition) is 1. The number of piperidine rings is 1. The molecule has 1 aliphatic heterocycles. The molecule has 1 atom stereocenters. The average molecular weight is 319 g/mol. The molecular weight excluding hydrogens is 294 g/mol. The average Bonchev–Trinajstić information content (AvgIpc) is 2.46. The third-order valence-corrected chi connectivity index (χ3v) is 4.10. The van der Waals surface area contributed by atoms with Gasteiger partial charge in [0.05, 0.1) is 6.42 Å². The van der Waals surface area contributed by atoms with Gasteiger partial charge in [0.2, 0.25) is 0 Å². The summed E-state index contributed by atoms with van der Waals surface area (Å²) in [6.07, 6.45) is 1.16. The van der Waals surface area contributed by atoms with Crippen LogP contribution in [-0.4, -0.2) is 40.8 Å². The van der Waals surface area contributed by atoms with Crippen molar-refractivity contribution in [2.24, 2.45) is 0 Å². The van der Waals surface area contributed by atoms with E-state index in [9.17, 15) is 14.7 Å². The van der Waals surface area contributed by atoms with E-state index < -0.39 is 17.0 Å². The van der Waals surface area contributed by atoms with Crippen LogP contribution in [0.25, 0.3) is 0 Å². The van der Waals surface area contributed by atoms with Crippen molar-refractivity contribution in [3.63, 3.8) is 0 Å². The standard InChI is InChI=1S/C18H25NO4/c1-17(2,3)23-16(22)19-11-7-10-18(13-19,12-15(20)21)14-8-5-4-6-9-14/h4-6,8-9H,7,10-13H2,1-3H3,(H,20,21)/t18-/m1/s1. The Kier molecular flexibility index (Phi) is 4.97. The number of ether oxygens (including phenoxy) is 1. The second kappa shape index (κ2) is 6.60. The number of carboxylic acids is 1. The van der Waals surface area contributed by atoms with Crippen molar-refractivity contribution in [1.82, 2.24) is 4.90 Å². The normalized spacial score (nSPS) is 21.8. The Morgan fingerprint density at radius 2 is 1.91 bits per heavy atom. The zero-order chi connectivity index (χ0) is 17.1. The van der Waals surface area contributed by atoms with Gasteiger partial charge in [0.1, 0.15) is 5.60 Å². The van der Waals surface area contributed by atoms with Crippen LogP contribution in [0, 0.1) is 0 Å². The van der Waals surface area contributed by atoms with Crippen LogP contribution >= 0.6 is 0 Å². The van der Waals surface area contributed by atoms with Crippen LogP contribution in [0.5, 0.6) is 0 Å². The van der Waals surface area contributed by atoms with Crippen molar-refractivity contribution in [3.8, 4) is 0 Å². The number of likely N-dealkylation sites (tertiary alicyclic amines) is 1. The van der Waals surface area contributed by atoms with E-state index in [4.69, 9.17) is 4.74 Å². The van der Waals surface area contributed by atoms with Crippen molar-refractivity contribution in [2.75, 3.05) is 13.1 Å². The van der Waals surface area contributed by atoms with Gasteiger partial charge in [-0.2, -0.15) is 0 Å². The highest BCUT2D eigenvalue weighted by Crippen LogP contribution is 2.37. The zero-order valence-corrected chi connectivity index (χ0v) is 14.0. The Labute approximate surface area is 137 Å². The van der Waals surface area contributed by atoms with Gasteiger partial charge in [0.15, 0.2) is 0 Å². The highest BCUT2D eigenvalue weighted by molar-refractivity contribution is 5.71. The molecule has 126 valence electrons. The molecule has 0 bridgehead atoms. The van der Waals surface area contributed by atoms with Gasteiger partial charge in [0, 0.05) is 18.5 Å². The van der Waals surface area contributed by atoms with Gasteiger partial charge < -0.3 is 14.7 Å². The lowest BCUT2D eigenvalue weighted by Gasteiger charge is -2.42. The summed E-state index contributed by atoms with van der Waals surface area (Å²) in [5.74, 6) is -0.847. The molecule has 1 heterocycles. The number of benzene rings is 1. The molecule has 1 aromatic carbocycles. The number of rotatable bonds is 3. The van der Waals surface area contributed by atoms with Crippen LogP contribution < -0.4 is 0 Å². The van der Waals surface area contributed by atoms with Gasteiger partial charge in [-0.1, -0.05) is 30.3 Å². The van der Waals surface area contributed by atoms with Crippen LogP contribution in [-0.2, 0) is 14.9 Å². The summed E-state index contributed by atoms with van der Waals surface area (Å²) in [5.41, 5.74) is -0.144. The van der Waals surface area contributed by atoms with Gasteiger partial charge in [-0.25, -0.2) is 4.79 Å². The first-order chi connectivity index (χ1) is 10.7. The summed E-state index contributed by atoms with van der Waals surface area (Å²) in [7, 11) is 0. The lowest BCUT2D eigenvalue weighted by Crippen LogP contribution is -2.50. The van der Waals surface area contributed by atoms with Crippen molar-refractivity contribution in [2.45, 2.75) is 51.0 Å². The second-order valence-corrected chi connectivity index (χ2v) is 7.22. The Bertz CT molecular complexity index is 564. The number of aliphatic carboxylic acids is 1. The molecule has 1 aliphatic rings. The van der Waals surface area contributed by atoms with Gasteiger partial charge in [-0.05, 0) is 39.2 Å². The number of hydrogen-bond acceptors (Lipinski definition) is 3. The molecule has 5 nitrogen and oxygen atoms in total. The molecule has 0 radical (unpaired) electrons. The summed E-state index contributed by atoms with van der Waals surface area (Å²) >= 11 is 0. The molecule has 23 heavy (non-hydrogen) atoms. The summed E-state index contributed by atoms with van der Waals surface area (Å²) in [4.78, 5) is 25.4. The lowest BCUT2D eigenvalue weighted by molar-refractivity contribution is -0.139. The zero-order valence-electron chi connectivity index (χ0n) is 14.0. The monoisotopic (exact) mass is 319 g/mol. The lowest BCUT2D eigenvalue weighted by atomic mass is 9.72. The van der Waals surface area contributed by atoms with Crippen LogP contribution in [0.3, 0.4) is 0 Å². The first kappa shape index (κ1) is 17.3. The molecule has 5 heteroatoms. The molecule has 1 N–H and O–H groups in total. The van der Waals surface area contributed by atoms with Crippen LogP contribution in [0.2, 0.25) is 0 Å². The molecule has 0 aliphatic carbocycles. The summed E-state index contributed by atoms with van der Waals surface area (Å²) in [6, 6.07) is 9.62. The van der Waals surface area contributed by atoms with E-state index in [0.29, 0.717) is 13.1 Å². The first-order valence-corrected chi connectivity index (χ1v) is 7.97. The van der Waals surface area contributed by atoms with Gasteiger partial charge in [0.25, 0.3) is 0 Å². The molecule has 1 aromatic rings. The van der Waals surface area contributed by atoms with Crippen molar-refractivity contribution < 1.29 is 19.4 Å². The number of carbonyl (C=O) groups is 2. The maximum Gasteiger partial charge on any atom is 0.410 e. The van der Waals surface area contributed by atoms with E-state index in [2.05, 4.69) is 0 Å². The van der Waals surface area contributed by atoms with Gasteiger partial charge in [-0.3, -0.25) is 4.79 Å². The van der Waals surface area contributed by atoms with Crippen molar-refractivity contribution in [1.29, 1.82) is 0 Å². The number of nitrogens with zero attached hydrogens (tertiary/aromatic N) is 1. The molecule has 1 amide bonds. The van der Waals surface area contributed by atoms with E-state index in [1.807, 2.05) is 51.1 Å². The summed E-state index contributed by atoms with van der Waals surface area (Å²) in [5, 5.41) is 9.37. The van der Waals surface area contributed by atoms with E-state index in [0.717, 1.165) is 18.4 Å². The van der Waals surface area contributed by atoms with E-state index in [1.54, 1.807) is 4.90 Å². The first-order valence-electron chi connectivity index (χ1n) is 7.97. The van der Waals surface area contributed by atoms with Crippen LogP contribution in [0.4, 0.5) is 4.79 Å². The Hall–Kier alpha value is -2.04. The maximum atomic E-state index is 12.4. The summed E-state index contributed by atoms with van der Waals surface area (Å²) in [6.45, 7) is 6.46. The van der Waals surface area contributed by atoms with E-state index in [1.165, 1.54) is 0 Å². The van der Waals surface area contributed by atoms with Crippen molar-refractivity contribution in [3.05, 3.63) is 35.9 Å².